The first-order valence-electron chi connectivity index (χ1n) is 10.2. The minimum atomic E-state index is -0.157. The normalized spacial score (nSPS) is 11.1. The molecule has 0 atom stereocenters. The Labute approximate surface area is 186 Å². The fourth-order valence-electron chi connectivity index (χ4n) is 3.25. The number of oxazole rings is 1. The van der Waals surface area contributed by atoms with E-state index in [1.807, 2.05) is 72.8 Å². The minimum Gasteiger partial charge on any atom is -0.493 e. The number of aromatic nitrogens is 1. The van der Waals surface area contributed by atoms with Crippen LogP contribution >= 0.6 is 0 Å². The molecule has 0 N–H and O–H groups in total. The lowest BCUT2D eigenvalue weighted by molar-refractivity contribution is -0.125. The number of benzene rings is 3. The molecule has 4 aromatic rings. The summed E-state index contributed by atoms with van der Waals surface area (Å²) in [6, 6.07) is 23.1. The molecule has 0 fully saturated rings. The highest BCUT2D eigenvalue weighted by Crippen LogP contribution is 2.29. The van der Waals surface area contributed by atoms with E-state index < -0.39 is 0 Å². The zero-order chi connectivity index (χ0) is 22.3. The van der Waals surface area contributed by atoms with Gasteiger partial charge in [0.2, 0.25) is 11.8 Å². The van der Waals surface area contributed by atoms with Gasteiger partial charge in [0.1, 0.15) is 12.1 Å². The van der Waals surface area contributed by atoms with E-state index in [9.17, 15) is 4.79 Å². The predicted molar refractivity (Wildman–Crippen MR) is 123 cm³/mol. The van der Waals surface area contributed by atoms with Crippen molar-refractivity contribution in [2.24, 2.45) is 0 Å². The maximum atomic E-state index is 12.5. The second-order valence-corrected chi connectivity index (χ2v) is 7.31. The van der Waals surface area contributed by atoms with E-state index in [1.165, 1.54) is 6.08 Å². The van der Waals surface area contributed by atoms with Gasteiger partial charge in [0.25, 0.3) is 0 Å². The van der Waals surface area contributed by atoms with Gasteiger partial charge in [0, 0.05) is 25.7 Å². The van der Waals surface area contributed by atoms with E-state index >= 15 is 0 Å². The lowest BCUT2D eigenvalue weighted by Gasteiger charge is -2.17. The molecule has 6 heteroatoms. The molecule has 0 spiro atoms. The van der Waals surface area contributed by atoms with Gasteiger partial charge in [-0.25, -0.2) is 4.98 Å². The van der Waals surface area contributed by atoms with Crippen LogP contribution < -0.4 is 9.47 Å². The first-order valence-corrected chi connectivity index (χ1v) is 10.2. The number of amides is 1. The topological polar surface area (TPSA) is 64.8 Å². The highest BCUT2D eigenvalue weighted by Gasteiger charge is 2.11. The third-order valence-electron chi connectivity index (χ3n) is 4.94. The summed E-state index contributed by atoms with van der Waals surface area (Å²) in [5.74, 6) is 1.52. The van der Waals surface area contributed by atoms with E-state index in [2.05, 4.69) is 4.98 Å². The summed E-state index contributed by atoms with van der Waals surface area (Å²) < 4.78 is 17.0. The van der Waals surface area contributed by atoms with Crippen LogP contribution in [-0.2, 0) is 17.9 Å². The Hall–Kier alpha value is -4.06. The molecule has 0 bridgehead atoms. The Morgan fingerprint density at radius 2 is 1.78 bits per heavy atom. The van der Waals surface area contributed by atoms with E-state index in [1.54, 1.807) is 25.1 Å². The molecule has 0 saturated heterocycles. The van der Waals surface area contributed by atoms with Crippen molar-refractivity contribution in [3.05, 3.63) is 95.9 Å². The molecule has 0 saturated carbocycles. The molecular weight excluding hydrogens is 404 g/mol. The molecule has 32 heavy (non-hydrogen) atoms. The van der Waals surface area contributed by atoms with Gasteiger partial charge >= 0.3 is 0 Å². The highest BCUT2D eigenvalue weighted by atomic mass is 16.5. The number of carbonyl (C=O) groups is 1. The zero-order valence-electron chi connectivity index (χ0n) is 18.0. The highest BCUT2D eigenvalue weighted by molar-refractivity contribution is 5.91. The van der Waals surface area contributed by atoms with Gasteiger partial charge in [-0.05, 0) is 35.4 Å². The van der Waals surface area contributed by atoms with Gasteiger partial charge in [-0.2, -0.15) is 0 Å². The largest absolute Gasteiger partial charge is 0.493 e. The van der Waals surface area contributed by atoms with Gasteiger partial charge in [-0.1, -0.05) is 48.5 Å². The minimum absolute atomic E-state index is 0.157. The molecule has 0 aliphatic rings. The summed E-state index contributed by atoms with van der Waals surface area (Å²) >= 11 is 0. The number of hydrogen-bond acceptors (Lipinski definition) is 5. The summed E-state index contributed by atoms with van der Waals surface area (Å²) in [5.41, 5.74) is 3.46. The number of methoxy groups -OCH3 is 1. The molecule has 1 amide bonds. The summed E-state index contributed by atoms with van der Waals surface area (Å²) in [6.45, 7) is 0.877. The van der Waals surface area contributed by atoms with Gasteiger partial charge in [0.05, 0.1) is 7.11 Å². The van der Waals surface area contributed by atoms with Crippen molar-refractivity contribution < 1.29 is 18.7 Å². The van der Waals surface area contributed by atoms with Crippen LogP contribution in [0.3, 0.4) is 0 Å². The number of nitrogens with zero attached hydrogens (tertiary/aromatic N) is 2. The lowest BCUT2D eigenvalue weighted by atomic mass is 10.2. The van der Waals surface area contributed by atoms with Crippen LogP contribution in [0.25, 0.3) is 17.2 Å². The number of likely N-dealkylation sites (N-methyl/N-ethyl adjacent to an activating group) is 1. The lowest BCUT2D eigenvalue weighted by Crippen LogP contribution is -2.24. The second-order valence-electron chi connectivity index (χ2n) is 7.31. The van der Waals surface area contributed by atoms with Crippen molar-refractivity contribution in [1.82, 2.24) is 9.88 Å². The van der Waals surface area contributed by atoms with Crippen LogP contribution in [0.2, 0.25) is 0 Å². The maximum Gasteiger partial charge on any atom is 0.246 e. The fourth-order valence-corrected chi connectivity index (χ4v) is 3.25. The fraction of sp³-hybridized carbons (Fsp3) is 0.154. The Kier molecular flexibility index (Phi) is 6.51. The summed E-state index contributed by atoms with van der Waals surface area (Å²) in [7, 11) is 3.34. The van der Waals surface area contributed by atoms with E-state index in [4.69, 9.17) is 13.9 Å². The van der Waals surface area contributed by atoms with Gasteiger partial charge in [-0.15, -0.1) is 0 Å². The Morgan fingerprint density at radius 3 is 2.56 bits per heavy atom. The summed E-state index contributed by atoms with van der Waals surface area (Å²) in [4.78, 5) is 18.5. The van der Waals surface area contributed by atoms with Crippen molar-refractivity contribution >= 4 is 23.1 Å². The molecule has 3 aromatic carbocycles. The van der Waals surface area contributed by atoms with Crippen molar-refractivity contribution in [1.29, 1.82) is 0 Å². The summed E-state index contributed by atoms with van der Waals surface area (Å²) in [6.07, 6.45) is 3.04. The Balaban J connectivity index is 1.38. The smallest absolute Gasteiger partial charge is 0.246 e. The quantitative estimate of drug-likeness (QED) is 0.366. The van der Waals surface area contributed by atoms with Crippen LogP contribution in [0.15, 0.2) is 83.3 Å². The van der Waals surface area contributed by atoms with Gasteiger partial charge in [-0.3, -0.25) is 4.79 Å². The van der Waals surface area contributed by atoms with Crippen molar-refractivity contribution in [3.8, 4) is 11.5 Å². The van der Waals surface area contributed by atoms with Gasteiger partial charge < -0.3 is 18.8 Å². The van der Waals surface area contributed by atoms with Crippen molar-refractivity contribution in [2.75, 3.05) is 14.2 Å². The third kappa shape index (κ3) is 5.16. The van der Waals surface area contributed by atoms with E-state index in [0.717, 1.165) is 16.6 Å². The monoisotopic (exact) mass is 428 g/mol. The van der Waals surface area contributed by atoms with Crippen LogP contribution in [0.5, 0.6) is 11.5 Å². The average molecular weight is 428 g/mol. The molecule has 1 aromatic heterocycles. The predicted octanol–water partition coefficient (Wildman–Crippen LogP) is 5.09. The number of carbonyl (C=O) groups excluding carboxylic acids is 1. The van der Waals surface area contributed by atoms with Crippen LogP contribution in [0.1, 0.15) is 17.0 Å². The maximum absolute atomic E-state index is 12.5. The van der Waals surface area contributed by atoms with Crippen LogP contribution in [0.4, 0.5) is 0 Å². The Bertz CT molecular complexity index is 1200. The molecule has 6 nitrogen and oxygen atoms in total. The number of fused-ring (bicyclic) bond motifs is 1. The molecule has 0 radical (unpaired) electrons. The van der Waals surface area contributed by atoms with Gasteiger partial charge in [0.15, 0.2) is 17.1 Å². The number of para-hydroxylation sites is 2. The van der Waals surface area contributed by atoms with Crippen LogP contribution in [-0.4, -0.2) is 29.9 Å². The third-order valence-corrected chi connectivity index (χ3v) is 4.94. The molecule has 0 aliphatic heterocycles. The SMILES string of the molecule is COc1cc(CN(C)C(=O)C=Cc2nc3ccccc3o2)ccc1OCc1ccccc1. The first-order chi connectivity index (χ1) is 15.6. The summed E-state index contributed by atoms with van der Waals surface area (Å²) in [5, 5.41) is 0. The molecular formula is C26H24N2O4. The standard InChI is InChI=1S/C26H24N2O4/c1-28(26(29)15-14-25-27-21-10-6-7-11-22(21)32-25)17-20-12-13-23(24(16-20)30-2)31-18-19-8-4-3-5-9-19/h3-16H,17-18H2,1-2H3. The zero-order valence-corrected chi connectivity index (χ0v) is 18.0. The average Bonchev–Trinajstić information content (AvgIpc) is 3.25. The molecule has 1 heterocycles. The first kappa shape index (κ1) is 21.2. The number of ether oxygens (including phenoxy) is 2. The second kappa shape index (κ2) is 9.83. The van der Waals surface area contributed by atoms with E-state index in [-0.39, 0.29) is 5.91 Å². The number of hydrogen-bond donors (Lipinski definition) is 0. The van der Waals surface area contributed by atoms with E-state index in [0.29, 0.717) is 36.1 Å². The Morgan fingerprint density at radius 1 is 1.00 bits per heavy atom. The molecule has 162 valence electrons. The molecule has 0 unspecified atom stereocenters. The molecule has 4 rings (SSSR count). The number of rotatable bonds is 8. The molecule has 0 aliphatic carbocycles. The van der Waals surface area contributed by atoms with Crippen molar-refractivity contribution in [3.63, 3.8) is 0 Å². The van der Waals surface area contributed by atoms with Crippen molar-refractivity contribution in [2.45, 2.75) is 13.2 Å². The van der Waals surface area contributed by atoms with Crippen LogP contribution in [0, 0.1) is 0 Å².